The first-order chi connectivity index (χ1) is 13.0. The van der Waals surface area contributed by atoms with Gasteiger partial charge in [-0.2, -0.15) is 0 Å². The Morgan fingerprint density at radius 3 is 2.78 bits per heavy atom. The molecule has 1 atom stereocenters. The zero-order chi connectivity index (χ0) is 19.1. The van der Waals surface area contributed by atoms with Crippen LogP contribution in [0.5, 0.6) is 0 Å². The molecule has 0 fully saturated rings. The van der Waals surface area contributed by atoms with Crippen LogP contribution < -0.4 is 0 Å². The number of fused-ring (bicyclic) bond motifs is 3. The predicted octanol–water partition coefficient (Wildman–Crippen LogP) is 5.52. The lowest BCUT2D eigenvalue weighted by molar-refractivity contribution is -0.137. The normalized spacial score (nSPS) is 16.5. The van der Waals surface area contributed by atoms with Gasteiger partial charge >= 0.3 is 5.97 Å². The summed E-state index contributed by atoms with van der Waals surface area (Å²) in [6.45, 7) is 0.310. The molecule has 1 heterocycles. The summed E-state index contributed by atoms with van der Waals surface area (Å²) >= 11 is 6.30. The van der Waals surface area contributed by atoms with Gasteiger partial charge in [0.15, 0.2) is 0 Å². The standard InChI is InChI=1S/C21H18ClF2NO2/c22-17-7-2-1-4-13(17)11-25-20-12(8-19(26)27)5-3-6-15(20)16-9-14(23)10-18(24)21(16)25/h1-2,4,7,9-10,12H,3,5-6,8,11H2,(H,26,27). The smallest absolute Gasteiger partial charge is 0.304 e. The van der Waals surface area contributed by atoms with Crippen LogP contribution in [0, 0.1) is 11.6 Å². The van der Waals surface area contributed by atoms with Crippen molar-refractivity contribution < 1.29 is 18.7 Å². The van der Waals surface area contributed by atoms with E-state index < -0.39 is 17.6 Å². The Labute approximate surface area is 160 Å². The number of carboxylic acids is 1. The van der Waals surface area contributed by atoms with Crippen LogP contribution in [0.3, 0.4) is 0 Å². The van der Waals surface area contributed by atoms with Gasteiger partial charge in [0.2, 0.25) is 0 Å². The summed E-state index contributed by atoms with van der Waals surface area (Å²) in [5.41, 5.74) is 2.77. The highest BCUT2D eigenvalue weighted by Crippen LogP contribution is 2.41. The van der Waals surface area contributed by atoms with Gasteiger partial charge in [0.25, 0.3) is 0 Å². The Morgan fingerprint density at radius 2 is 2.04 bits per heavy atom. The van der Waals surface area contributed by atoms with Gasteiger partial charge < -0.3 is 9.67 Å². The Morgan fingerprint density at radius 1 is 1.26 bits per heavy atom. The molecule has 6 heteroatoms. The highest BCUT2D eigenvalue weighted by Gasteiger charge is 2.30. The minimum Gasteiger partial charge on any atom is -0.481 e. The van der Waals surface area contributed by atoms with Crippen molar-refractivity contribution in [3.05, 3.63) is 69.9 Å². The summed E-state index contributed by atoms with van der Waals surface area (Å²) in [7, 11) is 0. The number of benzene rings is 2. The molecule has 0 aliphatic heterocycles. The van der Waals surface area contributed by atoms with Crippen molar-refractivity contribution in [3.63, 3.8) is 0 Å². The van der Waals surface area contributed by atoms with E-state index in [4.69, 9.17) is 11.6 Å². The molecule has 1 unspecified atom stereocenters. The maximum Gasteiger partial charge on any atom is 0.304 e. The van der Waals surface area contributed by atoms with Gasteiger partial charge in [-0.05, 0) is 42.5 Å². The summed E-state index contributed by atoms with van der Waals surface area (Å²) in [6.07, 6.45) is 2.16. The van der Waals surface area contributed by atoms with E-state index >= 15 is 0 Å². The molecule has 0 amide bonds. The number of aryl methyl sites for hydroxylation is 1. The third kappa shape index (κ3) is 3.21. The van der Waals surface area contributed by atoms with Crippen molar-refractivity contribution in [1.29, 1.82) is 0 Å². The zero-order valence-electron chi connectivity index (χ0n) is 14.5. The number of halogens is 3. The van der Waals surface area contributed by atoms with Crippen LogP contribution in [0.25, 0.3) is 10.9 Å². The van der Waals surface area contributed by atoms with Gasteiger partial charge in [0.05, 0.1) is 11.9 Å². The van der Waals surface area contributed by atoms with E-state index in [2.05, 4.69) is 0 Å². The van der Waals surface area contributed by atoms with Gasteiger partial charge in [-0.1, -0.05) is 29.8 Å². The predicted molar refractivity (Wildman–Crippen MR) is 100 cm³/mol. The molecule has 4 rings (SSSR count). The highest BCUT2D eigenvalue weighted by atomic mass is 35.5. The second kappa shape index (κ2) is 6.97. The van der Waals surface area contributed by atoms with Crippen molar-refractivity contribution in [1.82, 2.24) is 4.57 Å². The average molecular weight is 390 g/mol. The first-order valence-electron chi connectivity index (χ1n) is 8.91. The van der Waals surface area contributed by atoms with Gasteiger partial charge in [0.1, 0.15) is 11.6 Å². The van der Waals surface area contributed by atoms with E-state index in [9.17, 15) is 18.7 Å². The van der Waals surface area contributed by atoms with E-state index in [1.807, 2.05) is 18.2 Å². The molecule has 1 aliphatic carbocycles. The van der Waals surface area contributed by atoms with E-state index in [1.165, 1.54) is 6.07 Å². The number of carbonyl (C=O) groups is 1. The maximum atomic E-state index is 14.8. The first kappa shape index (κ1) is 18.0. The molecular weight excluding hydrogens is 372 g/mol. The third-order valence-electron chi connectivity index (χ3n) is 5.30. The number of nitrogens with zero attached hydrogens (tertiary/aromatic N) is 1. The topological polar surface area (TPSA) is 42.2 Å². The molecule has 0 radical (unpaired) electrons. The molecule has 0 saturated carbocycles. The van der Waals surface area contributed by atoms with Crippen LogP contribution in [0.1, 0.15) is 42.0 Å². The second-order valence-corrected chi connectivity index (χ2v) is 7.42. The zero-order valence-corrected chi connectivity index (χ0v) is 15.3. The van der Waals surface area contributed by atoms with Crippen molar-refractivity contribution in [2.24, 2.45) is 0 Å². The summed E-state index contributed by atoms with van der Waals surface area (Å²) in [6, 6.07) is 9.52. The number of rotatable bonds is 4. The number of hydrogen-bond acceptors (Lipinski definition) is 1. The molecule has 1 N–H and O–H groups in total. The van der Waals surface area contributed by atoms with Crippen LogP contribution in [0.2, 0.25) is 5.02 Å². The Hall–Kier alpha value is -2.40. The van der Waals surface area contributed by atoms with Crippen LogP contribution in [0.15, 0.2) is 36.4 Å². The largest absolute Gasteiger partial charge is 0.481 e. The van der Waals surface area contributed by atoms with Crippen molar-refractivity contribution >= 4 is 28.5 Å². The summed E-state index contributed by atoms with van der Waals surface area (Å²) in [5.74, 6) is -2.39. The van der Waals surface area contributed by atoms with E-state index in [0.717, 1.165) is 29.3 Å². The second-order valence-electron chi connectivity index (χ2n) is 7.01. The van der Waals surface area contributed by atoms with E-state index in [0.29, 0.717) is 35.3 Å². The van der Waals surface area contributed by atoms with Gasteiger partial charge in [-0.25, -0.2) is 8.78 Å². The van der Waals surface area contributed by atoms with Crippen LogP contribution >= 0.6 is 11.6 Å². The fourth-order valence-corrected chi connectivity index (χ4v) is 4.45. The number of aromatic nitrogens is 1. The minimum atomic E-state index is -0.894. The maximum absolute atomic E-state index is 14.8. The quantitative estimate of drug-likeness (QED) is 0.638. The first-order valence-corrected chi connectivity index (χ1v) is 9.28. The monoisotopic (exact) mass is 389 g/mol. The average Bonchev–Trinajstić information content (AvgIpc) is 2.91. The van der Waals surface area contributed by atoms with Crippen molar-refractivity contribution in [3.8, 4) is 0 Å². The summed E-state index contributed by atoms with van der Waals surface area (Å²) in [4.78, 5) is 11.4. The van der Waals surface area contributed by atoms with Crippen LogP contribution in [0.4, 0.5) is 8.78 Å². The SMILES string of the molecule is O=C(O)CC1CCCc2c1n(Cc1ccccc1Cl)c1c(F)cc(F)cc21. The molecule has 27 heavy (non-hydrogen) atoms. The van der Waals surface area contributed by atoms with Gasteiger partial charge in [0, 0.05) is 34.6 Å². The van der Waals surface area contributed by atoms with Crippen molar-refractivity contribution in [2.45, 2.75) is 38.1 Å². The molecule has 140 valence electrons. The lowest BCUT2D eigenvalue weighted by atomic mass is 9.84. The van der Waals surface area contributed by atoms with E-state index in [-0.39, 0.29) is 12.3 Å². The van der Waals surface area contributed by atoms with Crippen LogP contribution in [-0.2, 0) is 17.8 Å². The number of carboxylic acid groups (broad SMARTS) is 1. The van der Waals surface area contributed by atoms with Gasteiger partial charge in [-0.15, -0.1) is 0 Å². The summed E-state index contributed by atoms with van der Waals surface area (Å²) < 4.78 is 30.5. The molecule has 3 aromatic rings. The van der Waals surface area contributed by atoms with Crippen molar-refractivity contribution in [2.75, 3.05) is 0 Å². The highest BCUT2D eigenvalue weighted by molar-refractivity contribution is 6.31. The molecule has 1 aromatic heterocycles. The fraction of sp³-hybridized carbons (Fsp3) is 0.286. The molecular formula is C21H18ClF2NO2. The molecule has 3 nitrogen and oxygen atoms in total. The Kier molecular flexibility index (Phi) is 4.64. The number of hydrogen-bond donors (Lipinski definition) is 1. The molecule has 0 bridgehead atoms. The van der Waals surface area contributed by atoms with E-state index in [1.54, 1.807) is 10.6 Å². The van der Waals surface area contributed by atoms with Crippen LogP contribution in [-0.4, -0.2) is 15.6 Å². The molecule has 1 aliphatic rings. The lowest BCUT2D eigenvalue weighted by Gasteiger charge is -2.25. The lowest BCUT2D eigenvalue weighted by Crippen LogP contribution is -2.18. The molecule has 0 saturated heterocycles. The number of aliphatic carboxylic acids is 1. The Balaban J connectivity index is 1.98. The minimum absolute atomic E-state index is 0.0318. The summed E-state index contributed by atoms with van der Waals surface area (Å²) in [5, 5.41) is 10.4. The third-order valence-corrected chi connectivity index (χ3v) is 5.67. The molecule has 0 spiro atoms. The molecule has 2 aromatic carbocycles. The Bertz CT molecular complexity index is 1040. The van der Waals surface area contributed by atoms with Gasteiger partial charge in [-0.3, -0.25) is 4.79 Å². The fourth-order valence-electron chi connectivity index (χ4n) is 4.25.